The third kappa shape index (κ3) is 4.96. The summed E-state index contributed by atoms with van der Waals surface area (Å²) in [5.74, 6) is -4.26. The van der Waals surface area contributed by atoms with E-state index in [0.717, 1.165) is 11.8 Å². The van der Waals surface area contributed by atoms with Gasteiger partial charge < -0.3 is 20.8 Å². The summed E-state index contributed by atoms with van der Waals surface area (Å²) in [5, 5.41) is 18.5. The first-order chi connectivity index (χ1) is 13.9. The minimum absolute atomic E-state index is 0.00863. The molecular weight excluding hydrogens is 432 g/mol. The Morgan fingerprint density at radius 1 is 1.27 bits per heavy atom. The lowest BCUT2D eigenvalue weighted by atomic mass is 9.93. The average molecular weight is 454 g/mol. The lowest BCUT2D eigenvalue weighted by Gasteiger charge is -2.28. The second-order valence-corrected chi connectivity index (χ2v) is 8.00. The maximum absolute atomic E-state index is 12.5. The van der Waals surface area contributed by atoms with Crippen LogP contribution in [0.4, 0.5) is 4.79 Å². The molecule has 2 aliphatic heterocycles. The van der Waals surface area contributed by atoms with Gasteiger partial charge in [0, 0.05) is 13.1 Å². The Bertz CT molecular complexity index is 803. The van der Waals surface area contributed by atoms with Crippen LogP contribution in [0.25, 0.3) is 0 Å². The van der Waals surface area contributed by atoms with Crippen LogP contribution >= 0.6 is 0 Å². The zero-order valence-electron chi connectivity index (χ0n) is 15.8. The van der Waals surface area contributed by atoms with E-state index in [-0.39, 0.29) is 32.5 Å². The van der Waals surface area contributed by atoms with Gasteiger partial charge >= 0.3 is 28.4 Å². The van der Waals surface area contributed by atoms with Gasteiger partial charge in [-0.25, -0.2) is 14.5 Å². The minimum Gasteiger partial charge on any atom is -0.480 e. The van der Waals surface area contributed by atoms with Gasteiger partial charge in [0.15, 0.2) is 5.41 Å². The molecule has 0 unspecified atom stereocenters. The molecule has 2 atom stereocenters. The molecule has 0 aromatic carbocycles. The predicted octanol–water partition coefficient (Wildman–Crippen LogP) is -2.37. The lowest BCUT2D eigenvalue weighted by Crippen LogP contribution is -2.50. The first-order valence-corrected chi connectivity index (χ1v) is 10.0. The van der Waals surface area contributed by atoms with Gasteiger partial charge in [-0.3, -0.25) is 19.2 Å². The Morgan fingerprint density at radius 2 is 1.90 bits per heavy atom. The number of nitrogens with zero attached hydrogens (tertiary/aromatic N) is 2. The monoisotopic (exact) mass is 454 g/mol. The first-order valence-electron chi connectivity index (χ1n) is 8.70. The summed E-state index contributed by atoms with van der Waals surface area (Å²) in [7, 11) is -4.98. The van der Waals surface area contributed by atoms with E-state index in [1.807, 2.05) is 0 Å². The largest absolute Gasteiger partial charge is 0.480 e. The zero-order chi connectivity index (χ0) is 22.7. The highest BCUT2D eigenvalue weighted by molar-refractivity contribution is 7.81. The number of carboxylic acid groups (broad SMARTS) is 2. The van der Waals surface area contributed by atoms with Gasteiger partial charge in [-0.2, -0.15) is 13.5 Å². The molecule has 170 valence electrons. The van der Waals surface area contributed by atoms with Crippen molar-refractivity contribution in [1.82, 2.24) is 15.4 Å². The number of carbonyl (C=O) groups is 4. The van der Waals surface area contributed by atoms with Crippen molar-refractivity contribution in [2.45, 2.75) is 31.8 Å². The van der Waals surface area contributed by atoms with Gasteiger partial charge in [-0.15, -0.1) is 4.28 Å². The summed E-state index contributed by atoms with van der Waals surface area (Å²) < 4.78 is 33.1. The van der Waals surface area contributed by atoms with Gasteiger partial charge in [0.05, 0.1) is 19.3 Å². The fraction of sp³-hybridized carbons (Fsp3) is 0.714. The smallest absolute Gasteiger partial charge is 0.421 e. The fourth-order valence-electron chi connectivity index (χ4n) is 2.78. The van der Waals surface area contributed by atoms with Crippen LogP contribution in [0.15, 0.2) is 0 Å². The number of hydrogen-bond acceptors (Lipinski definition) is 10. The molecule has 0 radical (unpaired) electrons. The van der Waals surface area contributed by atoms with Crippen LogP contribution in [0.5, 0.6) is 0 Å². The highest BCUT2D eigenvalue weighted by Crippen LogP contribution is 2.31. The second-order valence-electron chi connectivity index (χ2n) is 6.80. The Kier molecular flexibility index (Phi) is 7.19. The molecule has 0 saturated carbocycles. The van der Waals surface area contributed by atoms with Crippen molar-refractivity contribution < 1.29 is 51.1 Å². The number of nitrogens with two attached hydrogens (primary N) is 1. The summed E-state index contributed by atoms with van der Waals surface area (Å²) >= 11 is 0. The third-order valence-electron chi connectivity index (χ3n) is 4.63. The number of urea groups is 1. The zero-order valence-corrected chi connectivity index (χ0v) is 16.7. The van der Waals surface area contributed by atoms with Crippen LogP contribution in [0, 0.1) is 5.41 Å². The fourth-order valence-corrected chi connectivity index (χ4v) is 3.58. The Morgan fingerprint density at radius 3 is 2.47 bits per heavy atom. The molecule has 2 fully saturated rings. The molecule has 30 heavy (non-hydrogen) atoms. The number of carboxylic acids is 2. The summed E-state index contributed by atoms with van der Waals surface area (Å²) in [6.45, 7) is -0.294. The van der Waals surface area contributed by atoms with E-state index >= 15 is 0 Å². The number of aliphatic carboxylic acids is 2. The van der Waals surface area contributed by atoms with E-state index < -0.39 is 58.4 Å². The molecule has 0 aromatic rings. The molecule has 2 aliphatic rings. The maximum Gasteiger partial charge on any atom is 0.421 e. The highest BCUT2D eigenvalue weighted by atomic mass is 32.3. The quantitative estimate of drug-likeness (QED) is 0.146. The number of nitrogens with one attached hydrogen (secondary N) is 1. The maximum atomic E-state index is 12.5. The summed E-state index contributed by atoms with van der Waals surface area (Å²) in [4.78, 5) is 52.8. The molecule has 3 amide bonds. The molecule has 16 heteroatoms. The number of hydroxylamine groups is 3. The van der Waals surface area contributed by atoms with E-state index in [1.54, 1.807) is 0 Å². The van der Waals surface area contributed by atoms with Crippen LogP contribution in [0.1, 0.15) is 19.8 Å². The Hall–Kier alpha value is -2.53. The van der Waals surface area contributed by atoms with E-state index in [2.05, 4.69) is 13.9 Å². The number of rotatable bonds is 11. The van der Waals surface area contributed by atoms with Crippen molar-refractivity contribution in [3.63, 3.8) is 0 Å². The molecule has 15 nitrogen and oxygen atoms in total. The topological polar surface area (TPSA) is 215 Å². The van der Waals surface area contributed by atoms with Crippen molar-refractivity contribution in [3.8, 4) is 0 Å². The molecule has 0 spiro atoms. The van der Waals surface area contributed by atoms with Crippen LogP contribution in [-0.4, -0.2) is 90.9 Å². The average Bonchev–Trinajstić information content (AvgIpc) is 2.90. The van der Waals surface area contributed by atoms with Crippen LogP contribution in [-0.2, 0) is 38.1 Å². The molecule has 2 saturated heterocycles. The molecule has 2 rings (SSSR count). The predicted molar refractivity (Wildman–Crippen MR) is 93.2 cm³/mol. The van der Waals surface area contributed by atoms with Gasteiger partial charge in [0.1, 0.15) is 6.04 Å². The van der Waals surface area contributed by atoms with Crippen molar-refractivity contribution in [1.29, 1.82) is 0 Å². The van der Waals surface area contributed by atoms with Crippen molar-refractivity contribution >= 4 is 34.3 Å². The van der Waals surface area contributed by atoms with E-state index in [4.69, 9.17) is 20.8 Å². The Balaban J connectivity index is 2.02. The number of amides is 3. The molecule has 2 bridgehead atoms. The van der Waals surface area contributed by atoms with E-state index in [1.165, 1.54) is 0 Å². The van der Waals surface area contributed by atoms with Crippen LogP contribution < -0.4 is 11.2 Å². The summed E-state index contributed by atoms with van der Waals surface area (Å²) in [6.07, 6.45) is 0.416. The second kappa shape index (κ2) is 9.09. The number of hydrogen-bond donors (Lipinski definition) is 4. The van der Waals surface area contributed by atoms with Crippen molar-refractivity contribution in [2.24, 2.45) is 11.1 Å². The molecule has 5 N–H and O–H groups in total. The molecule has 0 aliphatic carbocycles. The standard InChI is InChI=1S/C14H22N4O11S/c1-14(11(20)21,12(22)23)7-28-30(25,26)29-18-8-2-3-9(17(6-8)13(18)24)10(19)16-27-5-4-15/h8-9H,2-7,15H2,1H3,(H,16,19)(H,20,21)(H,22,23)/t8-,9+/m1/s1. The normalized spacial score (nSPS) is 21.6. The first kappa shape index (κ1) is 23.7. The minimum atomic E-state index is -4.98. The van der Waals surface area contributed by atoms with Gasteiger partial charge in [0.2, 0.25) is 0 Å². The van der Waals surface area contributed by atoms with Gasteiger partial charge in [-0.05, 0) is 19.8 Å². The number of fused-ring (bicyclic) bond motifs is 2. The van der Waals surface area contributed by atoms with Crippen LogP contribution in [0.2, 0.25) is 0 Å². The van der Waals surface area contributed by atoms with Crippen molar-refractivity contribution in [3.05, 3.63) is 0 Å². The Labute approximate surface area is 170 Å². The van der Waals surface area contributed by atoms with E-state index in [9.17, 15) is 27.6 Å². The summed E-state index contributed by atoms with van der Waals surface area (Å²) in [5.41, 5.74) is 4.83. The van der Waals surface area contributed by atoms with Gasteiger partial charge in [0.25, 0.3) is 5.91 Å². The lowest BCUT2D eigenvalue weighted by molar-refractivity contribution is -0.165. The van der Waals surface area contributed by atoms with Gasteiger partial charge in [-0.1, -0.05) is 0 Å². The van der Waals surface area contributed by atoms with Crippen molar-refractivity contribution in [2.75, 3.05) is 26.3 Å². The van der Waals surface area contributed by atoms with E-state index in [0.29, 0.717) is 5.06 Å². The molecule has 2 heterocycles. The SMILES string of the molecule is CC(COS(=O)(=O)ON1C(=O)N2C[C@H]1CC[C@H]2C(=O)NOCCN)(C(=O)O)C(=O)O. The molecular formula is C14H22N4O11S. The van der Waals surface area contributed by atoms with Crippen LogP contribution in [0.3, 0.4) is 0 Å². The highest BCUT2D eigenvalue weighted by Gasteiger charge is 2.50. The third-order valence-corrected chi connectivity index (χ3v) is 5.38. The summed E-state index contributed by atoms with van der Waals surface area (Å²) in [6, 6.07) is -2.57. The molecule has 0 aromatic heterocycles. The number of carbonyl (C=O) groups excluding carboxylic acids is 2. The number of piperidine rings is 1.